The Morgan fingerprint density at radius 2 is 1.76 bits per heavy atom. The van der Waals surface area contributed by atoms with Gasteiger partial charge in [-0.3, -0.25) is 24.4 Å². The molecule has 5 aromatic rings. The van der Waals surface area contributed by atoms with Gasteiger partial charge in [0.1, 0.15) is 10.8 Å². The van der Waals surface area contributed by atoms with Crippen molar-refractivity contribution in [2.24, 2.45) is 7.05 Å². The molecule has 3 amide bonds. The summed E-state index contributed by atoms with van der Waals surface area (Å²) in [5.74, 6) is -0.225. The summed E-state index contributed by atoms with van der Waals surface area (Å²) < 4.78 is 7.34. The topological polar surface area (TPSA) is 188 Å². The molecule has 2 aliphatic rings. The van der Waals surface area contributed by atoms with Gasteiger partial charge >= 0.3 is 0 Å². The van der Waals surface area contributed by atoms with Crippen LogP contribution in [0, 0.1) is 0 Å². The number of likely N-dealkylation sites (N-methyl/N-ethyl adjacent to an activating group) is 2. The summed E-state index contributed by atoms with van der Waals surface area (Å²) in [6.07, 6.45) is 2.96. The van der Waals surface area contributed by atoms with Gasteiger partial charge in [-0.05, 0) is 60.0 Å². The second kappa shape index (κ2) is 15.4. The number of aromatic nitrogens is 4. The number of hydrogen-bond donors (Lipinski definition) is 6. The number of amides is 3. The fourth-order valence-electron chi connectivity index (χ4n) is 6.40. The van der Waals surface area contributed by atoms with Crippen molar-refractivity contribution in [1.29, 1.82) is 0 Å². The van der Waals surface area contributed by atoms with Crippen LogP contribution in [-0.2, 0) is 39.3 Å². The summed E-state index contributed by atoms with van der Waals surface area (Å²) in [6.45, 7) is 0.877. The van der Waals surface area contributed by atoms with E-state index in [-0.39, 0.29) is 30.1 Å². The first-order chi connectivity index (χ1) is 26.1. The lowest BCUT2D eigenvalue weighted by Gasteiger charge is -2.32. The number of piperidine rings is 1. The molecule has 0 bridgehead atoms. The van der Waals surface area contributed by atoms with Crippen LogP contribution < -0.4 is 31.5 Å². The average molecular weight is 751 g/mol. The van der Waals surface area contributed by atoms with E-state index in [1.807, 2.05) is 55.6 Å². The number of imide groups is 1. The first kappa shape index (κ1) is 36.2. The molecule has 6 N–H and O–H groups in total. The lowest BCUT2D eigenvalue weighted by molar-refractivity contribution is -0.134. The summed E-state index contributed by atoms with van der Waals surface area (Å²) >= 11 is 6.47. The molecule has 16 heteroatoms. The molecule has 2 unspecified atom stereocenters. The Morgan fingerprint density at radius 1 is 1.02 bits per heavy atom. The van der Waals surface area contributed by atoms with E-state index in [9.17, 15) is 19.5 Å². The summed E-state index contributed by atoms with van der Waals surface area (Å²) in [6, 6.07) is 19.7. The van der Waals surface area contributed by atoms with Gasteiger partial charge in [0.25, 0.3) is 5.91 Å². The molecule has 3 aromatic carbocycles. The Bertz CT molecular complexity index is 2280. The van der Waals surface area contributed by atoms with E-state index in [1.165, 1.54) is 13.2 Å². The number of hydrogen-bond acceptors (Lipinski definition) is 12. The number of nitrogens with zero attached hydrogens (tertiary/aromatic N) is 5. The third-order valence-electron chi connectivity index (χ3n) is 9.40. The van der Waals surface area contributed by atoms with Crippen LogP contribution >= 0.6 is 11.6 Å². The molecular weight excluding hydrogens is 712 g/mol. The predicted octanol–water partition coefficient (Wildman–Crippen LogP) is 4.38. The molecule has 1 saturated heterocycles. The van der Waals surface area contributed by atoms with E-state index in [0.717, 1.165) is 39.0 Å². The van der Waals surface area contributed by atoms with Gasteiger partial charge in [-0.2, -0.15) is 10.1 Å². The summed E-state index contributed by atoms with van der Waals surface area (Å²) in [4.78, 5) is 46.4. The maximum absolute atomic E-state index is 12.5. The van der Waals surface area contributed by atoms with Gasteiger partial charge in [0, 0.05) is 68.7 Å². The smallest absolute Gasteiger partial charge is 0.257 e. The number of benzene rings is 3. The second-order valence-electron chi connectivity index (χ2n) is 13.0. The van der Waals surface area contributed by atoms with Gasteiger partial charge in [-0.25, -0.2) is 4.98 Å². The molecule has 278 valence electrons. The van der Waals surface area contributed by atoms with Crippen LogP contribution in [0.4, 0.5) is 28.8 Å². The Hall–Kier alpha value is -6.19. The molecule has 7 rings (SSSR count). The van der Waals surface area contributed by atoms with Crippen LogP contribution in [-0.4, -0.2) is 69.5 Å². The molecule has 0 radical (unpaired) electrons. The zero-order valence-electron chi connectivity index (χ0n) is 29.8. The first-order valence-electron chi connectivity index (χ1n) is 17.3. The molecule has 2 aliphatic heterocycles. The molecule has 4 heterocycles. The van der Waals surface area contributed by atoms with Gasteiger partial charge < -0.3 is 36.0 Å². The predicted molar refractivity (Wildman–Crippen MR) is 206 cm³/mol. The largest absolute Gasteiger partial charge is 0.483 e. The third kappa shape index (κ3) is 7.77. The van der Waals surface area contributed by atoms with E-state index in [4.69, 9.17) is 16.3 Å². The number of ether oxygens (including phenoxy) is 1. The molecule has 54 heavy (non-hydrogen) atoms. The van der Waals surface area contributed by atoms with Crippen molar-refractivity contribution in [1.82, 2.24) is 30.4 Å². The van der Waals surface area contributed by atoms with Crippen LogP contribution in [0.2, 0.25) is 5.02 Å². The van der Waals surface area contributed by atoms with Crippen LogP contribution in [0.3, 0.4) is 0 Å². The number of fused-ring (bicyclic) bond motifs is 2. The number of aryl methyl sites for hydroxylation is 1. The van der Waals surface area contributed by atoms with Crippen molar-refractivity contribution in [3.8, 4) is 0 Å². The molecular formula is C38H39ClN10O5. The Balaban J connectivity index is 0.953. The van der Waals surface area contributed by atoms with Crippen molar-refractivity contribution >= 4 is 75.1 Å². The lowest BCUT2D eigenvalue weighted by Crippen LogP contribution is -2.39. The Kier molecular flexibility index (Phi) is 10.3. The quantitative estimate of drug-likeness (QED) is 0.0990. The lowest BCUT2D eigenvalue weighted by atomic mass is 9.93. The van der Waals surface area contributed by atoms with Crippen molar-refractivity contribution in [2.45, 2.75) is 38.1 Å². The Morgan fingerprint density at radius 3 is 2.50 bits per heavy atom. The molecule has 0 saturated carbocycles. The van der Waals surface area contributed by atoms with Gasteiger partial charge in [0.15, 0.2) is 18.7 Å². The molecule has 0 aliphatic carbocycles. The highest BCUT2D eigenvalue weighted by Crippen LogP contribution is 2.35. The minimum absolute atomic E-state index is 0.211. The monoisotopic (exact) mass is 750 g/mol. The number of aliphatic hydroxyl groups is 1. The number of carbonyl (C=O) groups excluding carboxylic acids is 3. The molecule has 0 spiro atoms. The fourth-order valence-corrected chi connectivity index (χ4v) is 6.54. The number of rotatable bonds is 12. The number of carbonyl (C=O) groups is 3. The van der Waals surface area contributed by atoms with E-state index in [1.54, 1.807) is 22.7 Å². The number of nitrogens with one attached hydrogen (secondary N) is 5. The average Bonchev–Trinajstić information content (AvgIpc) is 3.50. The first-order valence-corrected chi connectivity index (χ1v) is 17.7. The number of anilines is 5. The zero-order chi connectivity index (χ0) is 37.9. The van der Waals surface area contributed by atoms with Gasteiger partial charge in [-0.15, -0.1) is 0 Å². The van der Waals surface area contributed by atoms with Crippen molar-refractivity contribution in [2.75, 3.05) is 41.6 Å². The van der Waals surface area contributed by atoms with E-state index in [2.05, 4.69) is 53.8 Å². The summed E-state index contributed by atoms with van der Waals surface area (Å²) in [7, 11) is 5.11. The van der Waals surface area contributed by atoms with E-state index in [0.29, 0.717) is 54.1 Å². The maximum atomic E-state index is 12.5. The van der Waals surface area contributed by atoms with Crippen molar-refractivity contribution in [3.05, 3.63) is 100 Å². The van der Waals surface area contributed by atoms with Crippen LogP contribution in [0.25, 0.3) is 17.0 Å². The van der Waals surface area contributed by atoms with Crippen molar-refractivity contribution in [3.63, 3.8) is 0 Å². The molecule has 2 aromatic heterocycles. The standard InChI is InChI=1S/C38H39ClN10O5/c1-40-33(51)20-54-31-15-23-14-25(9-12-29(23)48(2)37(31)53)44-35-28(39)19-43-38(46-35)42-18-22-6-4-21(5-7-22)17-41-24-8-10-26-30(16-24)49(3)47-34(26)27-11-13-32(50)45-36(27)52/h4-10,12,14-16,19,27,37,41,53H,11,13,17-18,20H2,1-3H3,(H,40,51)(H,45,50,52)(H2,42,43,44,46). The molecule has 15 nitrogen and oxygen atoms in total. The Labute approximate surface area is 315 Å². The summed E-state index contributed by atoms with van der Waals surface area (Å²) in [5.41, 5.74) is 6.90. The van der Waals surface area contributed by atoms with E-state index >= 15 is 0 Å². The fraction of sp³-hybridized carbons (Fsp3) is 0.263. The van der Waals surface area contributed by atoms with Gasteiger partial charge in [0.05, 0.1) is 23.3 Å². The van der Waals surface area contributed by atoms with Crippen LogP contribution in [0.5, 0.6) is 0 Å². The maximum Gasteiger partial charge on any atom is 0.257 e. The van der Waals surface area contributed by atoms with Crippen LogP contribution in [0.1, 0.15) is 41.1 Å². The van der Waals surface area contributed by atoms with Crippen LogP contribution in [0.15, 0.2) is 72.6 Å². The zero-order valence-corrected chi connectivity index (χ0v) is 30.6. The minimum atomic E-state index is -1.03. The van der Waals surface area contributed by atoms with Gasteiger partial charge in [0.2, 0.25) is 17.8 Å². The molecule has 1 fully saturated rings. The van der Waals surface area contributed by atoms with E-state index < -0.39 is 12.1 Å². The SMILES string of the molecule is CNC(=O)COC1=Cc2cc(Nc3nc(NCc4ccc(CNc5ccc6c(C7CCC(=O)NC7=O)nn(C)c6c5)cc4)ncc3Cl)ccc2N(C)C1O. The highest BCUT2D eigenvalue weighted by Gasteiger charge is 2.31. The highest BCUT2D eigenvalue weighted by atomic mass is 35.5. The number of aliphatic hydroxyl groups excluding tert-OH is 1. The minimum Gasteiger partial charge on any atom is -0.483 e. The van der Waals surface area contributed by atoms with Crippen molar-refractivity contribution < 1.29 is 24.2 Å². The van der Waals surface area contributed by atoms with Gasteiger partial charge in [-0.1, -0.05) is 35.9 Å². The molecule has 2 atom stereocenters. The third-order valence-corrected chi connectivity index (χ3v) is 9.68. The second-order valence-corrected chi connectivity index (χ2v) is 13.5. The number of halogens is 1. The highest BCUT2D eigenvalue weighted by molar-refractivity contribution is 6.32. The summed E-state index contributed by atoms with van der Waals surface area (Å²) in [5, 5.41) is 31.4. The normalized spacial score (nSPS) is 16.7.